The quantitative estimate of drug-likeness (QED) is 0.671. The highest BCUT2D eigenvalue weighted by atomic mass is 16.3. The van der Waals surface area contributed by atoms with Crippen LogP contribution in [0.5, 0.6) is 11.5 Å². The van der Waals surface area contributed by atoms with Crippen LogP contribution in [0.2, 0.25) is 0 Å². The summed E-state index contributed by atoms with van der Waals surface area (Å²) in [6, 6.07) is 3.16. The molecule has 5 aliphatic carbocycles. The SMILES string of the molecule is O=C(NCC1=CCC=CC1)c1cc(C23CC4CC(CC(C4)C2)C3)c(O)cc1O. The molecule has 4 saturated carbocycles. The maximum Gasteiger partial charge on any atom is 0.255 e. The lowest BCUT2D eigenvalue weighted by Crippen LogP contribution is -2.48. The first-order valence-corrected chi connectivity index (χ1v) is 10.7. The molecule has 0 aromatic heterocycles. The molecule has 28 heavy (non-hydrogen) atoms. The minimum Gasteiger partial charge on any atom is -0.508 e. The van der Waals surface area contributed by atoms with Crippen molar-refractivity contribution in [1.82, 2.24) is 5.32 Å². The molecule has 6 rings (SSSR count). The molecule has 1 amide bonds. The molecule has 0 aliphatic heterocycles. The number of carbonyl (C=O) groups is 1. The molecule has 0 atom stereocenters. The molecule has 1 aromatic carbocycles. The van der Waals surface area contributed by atoms with Gasteiger partial charge in [0, 0.05) is 18.2 Å². The summed E-state index contributed by atoms with van der Waals surface area (Å²) >= 11 is 0. The van der Waals surface area contributed by atoms with Crippen LogP contribution in [-0.2, 0) is 5.41 Å². The van der Waals surface area contributed by atoms with E-state index in [2.05, 4.69) is 23.5 Å². The predicted octanol–water partition coefficient (Wildman–Crippen LogP) is 4.57. The van der Waals surface area contributed by atoms with Crippen molar-refractivity contribution < 1.29 is 15.0 Å². The average molecular weight is 380 g/mol. The molecular weight excluding hydrogens is 350 g/mol. The number of aromatic hydroxyl groups is 2. The minimum atomic E-state index is -0.265. The highest BCUT2D eigenvalue weighted by molar-refractivity contribution is 5.97. The van der Waals surface area contributed by atoms with E-state index in [-0.39, 0.29) is 28.4 Å². The Bertz CT molecular complexity index is 832. The van der Waals surface area contributed by atoms with Crippen LogP contribution in [0.15, 0.2) is 35.9 Å². The number of carbonyl (C=O) groups excluding carboxylic acids is 1. The van der Waals surface area contributed by atoms with Gasteiger partial charge in [-0.05, 0) is 80.6 Å². The zero-order valence-corrected chi connectivity index (χ0v) is 16.3. The van der Waals surface area contributed by atoms with Crippen molar-refractivity contribution in [2.75, 3.05) is 6.54 Å². The number of benzene rings is 1. The fourth-order valence-electron chi connectivity index (χ4n) is 6.71. The maximum absolute atomic E-state index is 12.8. The maximum atomic E-state index is 12.8. The first-order chi connectivity index (χ1) is 13.5. The van der Waals surface area contributed by atoms with Crippen molar-refractivity contribution in [2.45, 2.75) is 56.8 Å². The predicted molar refractivity (Wildman–Crippen MR) is 108 cm³/mol. The number of rotatable bonds is 4. The number of hydrogen-bond acceptors (Lipinski definition) is 3. The smallest absolute Gasteiger partial charge is 0.255 e. The van der Waals surface area contributed by atoms with E-state index in [9.17, 15) is 15.0 Å². The van der Waals surface area contributed by atoms with Crippen molar-refractivity contribution >= 4 is 5.91 Å². The number of hydrogen-bond donors (Lipinski definition) is 3. The van der Waals surface area contributed by atoms with Gasteiger partial charge in [-0.3, -0.25) is 4.79 Å². The topological polar surface area (TPSA) is 69.6 Å². The zero-order chi connectivity index (χ0) is 19.3. The summed E-state index contributed by atoms with van der Waals surface area (Å²) in [5, 5.41) is 24.0. The monoisotopic (exact) mass is 379 g/mol. The van der Waals surface area contributed by atoms with Crippen LogP contribution in [-0.4, -0.2) is 22.7 Å². The van der Waals surface area contributed by atoms with Gasteiger partial charge in [-0.25, -0.2) is 0 Å². The molecule has 4 nitrogen and oxygen atoms in total. The van der Waals surface area contributed by atoms with E-state index >= 15 is 0 Å². The number of phenolic OH excluding ortho intramolecular Hbond substituents is 2. The Morgan fingerprint density at radius 2 is 1.68 bits per heavy atom. The molecule has 0 spiro atoms. The average Bonchev–Trinajstić information content (AvgIpc) is 2.66. The van der Waals surface area contributed by atoms with Gasteiger partial charge in [-0.15, -0.1) is 0 Å². The van der Waals surface area contributed by atoms with Gasteiger partial charge >= 0.3 is 0 Å². The summed E-state index contributed by atoms with van der Waals surface area (Å²) < 4.78 is 0. The number of amides is 1. The fraction of sp³-hybridized carbons (Fsp3) is 0.542. The third-order valence-corrected chi connectivity index (χ3v) is 7.53. The third kappa shape index (κ3) is 3.03. The molecule has 4 fully saturated rings. The lowest BCUT2D eigenvalue weighted by atomic mass is 9.48. The second kappa shape index (κ2) is 6.68. The second-order valence-corrected chi connectivity index (χ2v) is 9.54. The number of nitrogens with one attached hydrogen (secondary N) is 1. The number of phenols is 2. The van der Waals surface area contributed by atoms with E-state index in [0.717, 1.165) is 55.4 Å². The molecule has 0 saturated heterocycles. The summed E-state index contributed by atoms with van der Waals surface area (Å²) in [7, 11) is 0. The van der Waals surface area contributed by atoms with Gasteiger partial charge in [0.25, 0.3) is 5.91 Å². The van der Waals surface area contributed by atoms with E-state index in [1.165, 1.54) is 30.9 Å². The first-order valence-electron chi connectivity index (χ1n) is 10.7. The van der Waals surface area contributed by atoms with Crippen LogP contribution < -0.4 is 5.32 Å². The van der Waals surface area contributed by atoms with E-state index < -0.39 is 0 Å². The summed E-state index contributed by atoms with van der Waals surface area (Å²) in [5.74, 6) is 2.00. The van der Waals surface area contributed by atoms with Gasteiger partial charge in [0.1, 0.15) is 11.5 Å². The highest BCUT2D eigenvalue weighted by Crippen LogP contribution is 2.62. The Labute approximate surface area is 166 Å². The van der Waals surface area contributed by atoms with E-state index in [1.807, 2.05) is 0 Å². The van der Waals surface area contributed by atoms with Crippen molar-refractivity contribution in [3.8, 4) is 11.5 Å². The molecule has 1 aromatic rings. The molecule has 4 bridgehead atoms. The minimum absolute atomic E-state index is 0.0156. The van der Waals surface area contributed by atoms with E-state index in [4.69, 9.17) is 0 Å². The Morgan fingerprint density at radius 3 is 2.29 bits per heavy atom. The van der Waals surface area contributed by atoms with Gasteiger partial charge in [0.05, 0.1) is 5.56 Å². The summed E-state index contributed by atoms with van der Waals surface area (Å²) in [6.07, 6.45) is 15.5. The lowest BCUT2D eigenvalue weighted by molar-refractivity contribution is -0.00617. The summed E-state index contributed by atoms with van der Waals surface area (Å²) in [6.45, 7) is 0.496. The third-order valence-electron chi connectivity index (χ3n) is 7.53. The molecular formula is C24H29NO3. The summed E-state index contributed by atoms with van der Waals surface area (Å²) in [5.41, 5.74) is 2.35. The van der Waals surface area contributed by atoms with E-state index in [0.29, 0.717) is 6.54 Å². The van der Waals surface area contributed by atoms with Gasteiger partial charge < -0.3 is 15.5 Å². The first kappa shape index (κ1) is 17.8. The van der Waals surface area contributed by atoms with E-state index in [1.54, 1.807) is 6.07 Å². The normalized spacial score (nSPS) is 33.0. The molecule has 148 valence electrons. The van der Waals surface area contributed by atoms with Crippen LogP contribution in [0, 0.1) is 17.8 Å². The van der Waals surface area contributed by atoms with Crippen molar-refractivity contribution in [1.29, 1.82) is 0 Å². The van der Waals surface area contributed by atoms with Gasteiger partial charge in [0.15, 0.2) is 0 Å². The van der Waals surface area contributed by atoms with Crippen LogP contribution in [0.1, 0.15) is 67.3 Å². The molecule has 3 N–H and O–H groups in total. The van der Waals surface area contributed by atoms with Crippen LogP contribution in [0.3, 0.4) is 0 Å². The molecule has 0 unspecified atom stereocenters. The van der Waals surface area contributed by atoms with Gasteiger partial charge in [-0.1, -0.05) is 23.8 Å². The largest absolute Gasteiger partial charge is 0.508 e. The van der Waals surface area contributed by atoms with Gasteiger partial charge in [-0.2, -0.15) is 0 Å². The lowest BCUT2D eigenvalue weighted by Gasteiger charge is -2.57. The Morgan fingerprint density at radius 1 is 1.00 bits per heavy atom. The summed E-state index contributed by atoms with van der Waals surface area (Å²) in [4.78, 5) is 12.8. The van der Waals surface area contributed by atoms with Crippen LogP contribution >= 0.6 is 0 Å². The van der Waals surface area contributed by atoms with Gasteiger partial charge in [0.2, 0.25) is 0 Å². The van der Waals surface area contributed by atoms with Crippen molar-refractivity contribution in [3.05, 3.63) is 47.1 Å². The molecule has 5 aliphatic rings. The Hall–Kier alpha value is -2.23. The Kier molecular flexibility index (Phi) is 4.26. The molecule has 0 radical (unpaired) electrons. The molecule has 4 heteroatoms. The molecule has 0 heterocycles. The number of allylic oxidation sites excluding steroid dienone is 3. The highest BCUT2D eigenvalue weighted by Gasteiger charge is 2.52. The zero-order valence-electron chi connectivity index (χ0n) is 16.3. The van der Waals surface area contributed by atoms with Crippen molar-refractivity contribution in [3.63, 3.8) is 0 Å². The standard InChI is InChI=1S/C24H29NO3/c26-21-10-22(27)20(24-11-16-6-17(12-24)8-18(7-16)13-24)9-19(21)23(28)25-14-15-4-2-1-3-5-15/h1-2,5,9-10,16-18,26-27H,3-4,6-8,11-14H2,(H,25,28). The van der Waals surface area contributed by atoms with Crippen molar-refractivity contribution in [2.24, 2.45) is 17.8 Å². The van der Waals surface area contributed by atoms with Crippen LogP contribution in [0.25, 0.3) is 0 Å². The Balaban J connectivity index is 1.41. The van der Waals surface area contributed by atoms with Crippen LogP contribution in [0.4, 0.5) is 0 Å². The second-order valence-electron chi connectivity index (χ2n) is 9.54. The fourth-order valence-corrected chi connectivity index (χ4v) is 6.71.